The highest BCUT2D eigenvalue weighted by atomic mass is 35.5. The molecule has 1 saturated heterocycles. The van der Waals surface area contributed by atoms with Gasteiger partial charge in [0, 0.05) is 43.1 Å². The van der Waals surface area contributed by atoms with Crippen LogP contribution in [-0.4, -0.2) is 47.9 Å². The largest absolute Gasteiger partial charge is 0.368 e. The molecule has 6 nitrogen and oxygen atoms in total. The molecule has 1 aromatic heterocycles. The third-order valence-electron chi connectivity index (χ3n) is 4.09. The van der Waals surface area contributed by atoms with Crippen molar-refractivity contribution in [2.24, 2.45) is 0 Å². The van der Waals surface area contributed by atoms with Crippen molar-refractivity contribution in [3.8, 4) is 0 Å². The second-order valence-electron chi connectivity index (χ2n) is 5.76. The Hall–Kier alpha value is -2.60. The number of hydrogen-bond acceptors (Lipinski definition) is 4. The van der Waals surface area contributed by atoms with Crippen molar-refractivity contribution in [2.75, 3.05) is 31.1 Å². The van der Waals surface area contributed by atoms with Crippen LogP contribution in [0.25, 0.3) is 0 Å². The summed E-state index contributed by atoms with van der Waals surface area (Å²) in [5.41, 5.74) is 1.74. The lowest BCUT2D eigenvalue weighted by atomic mass is 10.2. The van der Waals surface area contributed by atoms with Gasteiger partial charge >= 0.3 is 11.8 Å². The number of nitrogens with zero attached hydrogens (tertiary/aromatic N) is 3. The predicted molar refractivity (Wildman–Crippen MR) is 96.3 cm³/mol. The summed E-state index contributed by atoms with van der Waals surface area (Å²) in [5, 5.41) is 3.31. The van der Waals surface area contributed by atoms with Crippen molar-refractivity contribution in [3.05, 3.63) is 59.4 Å². The van der Waals surface area contributed by atoms with Crippen LogP contribution in [0.15, 0.2) is 48.7 Å². The SMILES string of the molecule is O=C(NCc1ccccn1)C(=O)N1CCN(c2cccc(Cl)c2)CC1. The Morgan fingerprint density at radius 2 is 1.88 bits per heavy atom. The van der Waals surface area contributed by atoms with Crippen LogP contribution in [0, 0.1) is 0 Å². The lowest BCUT2D eigenvalue weighted by Gasteiger charge is -2.35. The molecular weight excluding hydrogens is 340 g/mol. The highest BCUT2D eigenvalue weighted by Gasteiger charge is 2.26. The molecule has 3 rings (SSSR count). The van der Waals surface area contributed by atoms with Crippen LogP contribution in [0.2, 0.25) is 5.02 Å². The molecule has 1 fully saturated rings. The van der Waals surface area contributed by atoms with Crippen LogP contribution < -0.4 is 10.2 Å². The number of carbonyl (C=O) groups is 2. The first-order chi connectivity index (χ1) is 12.1. The van der Waals surface area contributed by atoms with Gasteiger partial charge in [0.2, 0.25) is 0 Å². The number of halogens is 1. The van der Waals surface area contributed by atoms with Gasteiger partial charge in [0.1, 0.15) is 0 Å². The first kappa shape index (κ1) is 17.2. The summed E-state index contributed by atoms with van der Waals surface area (Å²) in [6.07, 6.45) is 1.65. The summed E-state index contributed by atoms with van der Waals surface area (Å²) in [4.78, 5) is 32.2. The van der Waals surface area contributed by atoms with E-state index in [9.17, 15) is 9.59 Å². The van der Waals surface area contributed by atoms with Gasteiger partial charge in [-0.05, 0) is 30.3 Å². The smallest absolute Gasteiger partial charge is 0.312 e. The Kier molecular flexibility index (Phi) is 5.50. The van der Waals surface area contributed by atoms with Gasteiger partial charge < -0.3 is 15.1 Å². The minimum Gasteiger partial charge on any atom is -0.368 e. The van der Waals surface area contributed by atoms with Gasteiger partial charge in [-0.25, -0.2) is 0 Å². The lowest BCUT2D eigenvalue weighted by Crippen LogP contribution is -2.52. The van der Waals surface area contributed by atoms with E-state index in [1.165, 1.54) is 0 Å². The topological polar surface area (TPSA) is 65.5 Å². The van der Waals surface area contributed by atoms with E-state index >= 15 is 0 Å². The number of amides is 2. The Morgan fingerprint density at radius 1 is 1.08 bits per heavy atom. The number of anilines is 1. The van der Waals surface area contributed by atoms with E-state index in [4.69, 9.17) is 11.6 Å². The zero-order valence-corrected chi connectivity index (χ0v) is 14.4. The minimum absolute atomic E-state index is 0.244. The number of piperazine rings is 1. The van der Waals surface area contributed by atoms with E-state index < -0.39 is 11.8 Å². The van der Waals surface area contributed by atoms with Gasteiger partial charge in [-0.15, -0.1) is 0 Å². The van der Waals surface area contributed by atoms with Crippen LogP contribution in [0.4, 0.5) is 5.69 Å². The predicted octanol–water partition coefficient (Wildman–Crippen LogP) is 1.70. The van der Waals surface area contributed by atoms with Crippen molar-refractivity contribution in [1.82, 2.24) is 15.2 Å². The fraction of sp³-hybridized carbons (Fsp3) is 0.278. The molecule has 0 saturated carbocycles. The maximum atomic E-state index is 12.3. The van der Waals surface area contributed by atoms with E-state index in [2.05, 4.69) is 15.2 Å². The third-order valence-corrected chi connectivity index (χ3v) is 4.33. The monoisotopic (exact) mass is 358 g/mol. The van der Waals surface area contributed by atoms with Crippen LogP contribution in [0.1, 0.15) is 5.69 Å². The fourth-order valence-corrected chi connectivity index (χ4v) is 2.92. The van der Waals surface area contributed by atoms with Crippen LogP contribution in [-0.2, 0) is 16.1 Å². The van der Waals surface area contributed by atoms with Crippen molar-refractivity contribution >= 4 is 29.1 Å². The molecule has 2 amide bonds. The van der Waals surface area contributed by atoms with E-state index in [1.54, 1.807) is 23.2 Å². The standard InChI is InChI=1S/C18H19ClN4O2/c19-14-4-3-6-16(12-14)22-8-10-23(11-9-22)18(25)17(24)21-13-15-5-1-2-7-20-15/h1-7,12H,8-11,13H2,(H,21,24). The number of nitrogens with one attached hydrogen (secondary N) is 1. The lowest BCUT2D eigenvalue weighted by molar-refractivity contribution is -0.146. The zero-order chi connectivity index (χ0) is 17.6. The maximum Gasteiger partial charge on any atom is 0.312 e. The molecule has 25 heavy (non-hydrogen) atoms. The molecule has 0 aliphatic carbocycles. The average molecular weight is 359 g/mol. The second kappa shape index (κ2) is 7.98. The molecule has 7 heteroatoms. The Balaban J connectivity index is 1.50. The van der Waals surface area contributed by atoms with E-state index in [0.717, 1.165) is 11.4 Å². The van der Waals surface area contributed by atoms with Crippen molar-refractivity contribution in [1.29, 1.82) is 0 Å². The normalized spacial score (nSPS) is 14.3. The Bertz CT molecular complexity index is 746. The summed E-state index contributed by atoms with van der Waals surface area (Å²) in [7, 11) is 0. The molecule has 2 aromatic rings. The molecule has 1 aromatic carbocycles. The molecule has 1 aliphatic rings. The average Bonchev–Trinajstić information content (AvgIpc) is 2.66. The van der Waals surface area contributed by atoms with Gasteiger partial charge in [0.25, 0.3) is 0 Å². The summed E-state index contributed by atoms with van der Waals surface area (Å²) in [6, 6.07) is 13.1. The van der Waals surface area contributed by atoms with Crippen LogP contribution in [0.3, 0.4) is 0 Å². The van der Waals surface area contributed by atoms with Gasteiger partial charge in [-0.1, -0.05) is 23.7 Å². The van der Waals surface area contributed by atoms with Crippen LogP contribution >= 0.6 is 11.6 Å². The quantitative estimate of drug-likeness (QED) is 0.848. The first-order valence-corrected chi connectivity index (χ1v) is 8.49. The van der Waals surface area contributed by atoms with Crippen molar-refractivity contribution in [3.63, 3.8) is 0 Å². The molecule has 0 radical (unpaired) electrons. The number of carbonyl (C=O) groups excluding carboxylic acids is 2. The zero-order valence-electron chi connectivity index (χ0n) is 13.7. The molecule has 1 N–H and O–H groups in total. The number of rotatable bonds is 3. The van der Waals surface area contributed by atoms with E-state index in [-0.39, 0.29) is 6.54 Å². The molecule has 0 unspecified atom stereocenters. The number of benzene rings is 1. The molecule has 0 spiro atoms. The molecular formula is C18H19ClN4O2. The highest BCUT2D eigenvalue weighted by Crippen LogP contribution is 2.20. The maximum absolute atomic E-state index is 12.3. The van der Waals surface area contributed by atoms with Crippen LogP contribution in [0.5, 0.6) is 0 Å². The molecule has 130 valence electrons. The minimum atomic E-state index is -0.596. The molecule has 0 atom stereocenters. The number of pyridine rings is 1. The number of aromatic nitrogens is 1. The van der Waals surface area contributed by atoms with E-state index in [0.29, 0.717) is 31.2 Å². The molecule has 1 aliphatic heterocycles. The van der Waals surface area contributed by atoms with Crippen molar-refractivity contribution < 1.29 is 9.59 Å². The fourth-order valence-electron chi connectivity index (χ4n) is 2.73. The summed E-state index contributed by atoms with van der Waals surface area (Å²) in [5.74, 6) is -1.09. The third kappa shape index (κ3) is 4.48. The van der Waals surface area contributed by atoms with E-state index in [1.807, 2.05) is 30.3 Å². The molecule has 2 heterocycles. The van der Waals surface area contributed by atoms with Gasteiger partial charge in [0.05, 0.1) is 12.2 Å². The van der Waals surface area contributed by atoms with Gasteiger partial charge in [-0.2, -0.15) is 0 Å². The highest BCUT2D eigenvalue weighted by molar-refractivity contribution is 6.35. The first-order valence-electron chi connectivity index (χ1n) is 8.11. The Labute approximate surface area is 151 Å². The summed E-state index contributed by atoms with van der Waals surface area (Å²) >= 11 is 6.02. The Morgan fingerprint density at radius 3 is 2.56 bits per heavy atom. The summed E-state index contributed by atoms with van der Waals surface area (Å²) in [6.45, 7) is 2.58. The van der Waals surface area contributed by atoms with Gasteiger partial charge in [0.15, 0.2) is 0 Å². The van der Waals surface area contributed by atoms with Crippen molar-refractivity contribution in [2.45, 2.75) is 6.54 Å². The number of hydrogen-bond donors (Lipinski definition) is 1. The van der Waals surface area contributed by atoms with Gasteiger partial charge in [-0.3, -0.25) is 14.6 Å². The summed E-state index contributed by atoms with van der Waals surface area (Å²) < 4.78 is 0. The molecule has 0 bridgehead atoms. The second-order valence-corrected chi connectivity index (χ2v) is 6.20.